The zero-order chi connectivity index (χ0) is 13.2. The number of amides is 1. The van der Waals surface area contributed by atoms with Crippen molar-refractivity contribution >= 4 is 5.91 Å². The van der Waals surface area contributed by atoms with Gasteiger partial charge in [0.2, 0.25) is 5.82 Å². The molecule has 0 bridgehead atoms. The highest BCUT2D eigenvalue weighted by Crippen LogP contribution is 2.16. The highest BCUT2D eigenvalue weighted by atomic mass is 16.2. The molecule has 0 saturated carbocycles. The van der Waals surface area contributed by atoms with Gasteiger partial charge in [-0.3, -0.25) is 14.5 Å². The number of likely N-dealkylation sites (tertiary alicyclic amines) is 1. The van der Waals surface area contributed by atoms with Crippen LogP contribution in [0, 0.1) is 5.92 Å². The Kier molecular flexibility index (Phi) is 2.98. The van der Waals surface area contributed by atoms with Gasteiger partial charge in [0.05, 0.1) is 0 Å². The first kappa shape index (κ1) is 11.8. The Bertz CT molecular complexity index is 561. The summed E-state index contributed by atoms with van der Waals surface area (Å²) < 4.78 is 1.55. The lowest BCUT2D eigenvalue weighted by Gasteiger charge is -2.30. The van der Waals surface area contributed by atoms with Crippen molar-refractivity contribution in [2.75, 3.05) is 13.1 Å². The van der Waals surface area contributed by atoms with Crippen molar-refractivity contribution in [1.29, 1.82) is 0 Å². The number of piperidine rings is 1. The normalized spacial score (nSPS) is 19.6. The van der Waals surface area contributed by atoms with Gasteiger partial charge in [-0.25, -0.2) is 0 Å². The van der Waals surface area contributed by atoms with Crippen LogP contribution in [-0.2, 0) is 0 Å². The van der Waals surface area contributed by atoms with Crippen LogP contribution in [0.2, 0.25) is 0 Å². The topological polar surface area (TPSA) is 92.6 Å². The molecule has 1 N–H and O–H groups in total. The molecule has 1 aliphatic rings. The maximum absolute atomic E-state index is 12.3. The molecule has 0 radical (unpaired) electrons. The van der Waals surface area contributed by atoms with E-state index in [1.165, 1.54) is 19.1 Å². The Labute approximate surface area is 109 Å². The molecule has 0 spiro atoms. The third-order valence-corrected chi connectivity index (χ3v) is 3.27. The average Bonchev–Trinajstić information content (AvgIpc) is 3.08. The van der Waals surface area contributed by atoms with Crippen LogP contribution in [0.25, 0.3) is 5.95 Å². The largest absolute Gasteiger partial charge is 0.336 e. The van der Waals surface area contributed by atoms with Gasteiger partial charge in [0.25, 0.3) is 11.9 Å². The second kappa shape index (κ2) is 4.79. The molecule has 1 amide bonds. The highest BCUT2D eigenvalue weighted by Gasteiger charge is 2.24. The van der Waals surface area contributed by atoms with Gasteiger partial charge in [0.1, 0.15) is 12.7 Å². The Balaban J connectivity index is 1.77. The van der Waals surface area contributed by atoms with Gasteiger partial charge >= 0.3 is 0 Å². The van der Waals surface area contributed by atoms with Gasteiger partial charge in [-0.05, 0) is 18.8 Å². The maximum Gasteiger partial charge on any atom is 0.291 e. The fourth-order valence-corrected chi connectivity index (χ4v) is 2.29. The number of carbonyl (C=O) groups excluding carboxylic acids is 1. The molecule has 8 heteroatoms. The van der Waals surface area contributed by atoms with Crippen molar-refractivity contribution in [2.45, 2.75) is 19.8 Å². The van der Waals surface area contributed by atoms with Crippen LogP contribution in [0.15, 0.2) is 12.7 Å². The number of aromatic amines is 1. The molecule has 19 heavy (non-hydrogen) atoms. The van der Waals surface area contributed by atoms with Crippen LogP contribution in [0.3, 0.4) is 0 Å². The van der Waals surface area contributed by atoms with Gasteiger partial charge < -0.3 is 4.90 Å². The van der Waals surface area contributed by atoms with Gasteiger partial charge in [-0.1, -0.05) is 6.92 Å². The summed E-state index contributed by atoms with van der Waals surface area (Å²) in [6, 6.07) is 0. The molecule has 2 aromatic rings. The van der Waals surface area contributed by atoms with Crippen molar-refractivity contribution in [1.82, 2.24) is 34.8 Å². The van der Waals surface area contributed by atoms with Crippen molar-refractivity contribution in [2.24, 2.45) is 5.92 Å². The lowest BCUT2D eigenvalue weighted by atomic mass is 10.0. The summed E-state index contributed by atoms with van der Waals surface area (Å²) in [6.45, 7) is 3.72. The van der Waals surface area contributed by atoms with Crippen LogP contribution < -0.4 is 0 Å². The molecule has 3 rings (SSSR count). The predicted octanol–water partition coefficient (Wildman–Crippen LogP) is 0.257. The number of aromatic nitrogens is 6. The Morgan fingerprint density at radius 3 is 2.95 bits per heavy atom. The summed E-state index contributed by atoms with van der Waals surface area (Å²) in [5, 5.41) is 14.0. The summed E-state index contributed by atoms with van der Waals surface area (Å²) in [5.41, 5.74) is 0. The molecule has 1 atom stereocenters. The highest BCUT2D eigenvalue weighted by molar-refractivity contribution is 5.90. The van der Waals surface area contributed by atoms with Crippen LogP contribution in [0.5, 0.6) is 0 Å². The predicted molar refractivity (Wildman–Crippen MR) is 65.6 cm³/mol. The van der Waals surface area contributed by atoms with Crippen molar-refractivity contribution < 1.29 is 4.79 Å². The smallest absolute Gasteiger partial charge is 0.291 e. The summed E-state index contributed by atoms with van der Waals surface area (Å²) >= 11 is 0. The SMILES string of the molecule is C[C@@H]1CCCN(C(=O)c2nc(-n3cnnc3)n[nH]2)C1. The van der Waals surface area contributed by atoms with E-state index < -0.39 is 0 Å². The van der Waals surface area contributed by atoms with Crippen LogP contribution in [-0.4, -0.2) is 53.8 Å². The summed E-state index contributed by atoms with van der Waals surface area (Å²) in [5.74, 6) is 1.08. The van der Waals surface area contributed by atoms with E-state index in [-0.39, 0.29) is 11.7 Å². The molecule has 0 unspecified atom stereocenters. The van der Waals surface area contributed by atoms with Crippen molar-refractivity contribution in [3.63, 3.8) is 0 Å². The maximum atomic E-state index is 12.3. The molecule has 2 aromatic heterocycles. The van der Waals surface area contributed by atoms with Gasteiger partial charge in [0, 0.05) is 13.1 Å². The molecule has 8 nitrogen and oxygen atoms in total. The zero-order valence-corrected chi connectivity index (χ0v) is 10.7. The second-order valence-corrected chi connectivity index (χ2v) is 4.85. The minimum absolute atomic E-state index is 0.0987. The fraction of sp³-hybridized carbons (Fsp3) is 0.545. The van der Waals surface area contributed by atoms with E-state index in [0.29, 0.717) is 11.9 Å². The lowest BCUT2D eigenvalue weighted by molar-refractivity contribution is 0.0671. The number of hydrogen-bond donors (Lipinski definition) is 1. The molecule has 1 fully saturated rings. The standard InChI is InChI=1S/C11H15N7O/c1-8-3-2-4-17(5-8)10(19)9-14-11(16-15-9)18-6-12-13-7-18/h6-8H,2-5H2,1H3,(H,14,15,16)/t8-/m1/s1. The fourth-order valence-electron chi connectivity index (χ4n) is 2.29. The van der Waals surface area contributed by atoms with E-state index in [4.69, 9.17) is 0 Å². The first-order valence-corrected chi connectivity index (χ1v) is 6.30. The van der Waals surface area contributed by atoms with Gasteiger partial charge in [-0.15, -0.1) is 15.3 Å². The van der Waals surface area contributed by atoms with E-state index in [0.717, 1.165) is 19.5 Å². The Morgan fingerprint density at radius 1 is 1.42 bits per heavy atom. The quantitative estimate of drug-likeness (QED) is 0.837. The molecule has 1 aliphatic heterocycles. The number of H-pyrrole nitrogens is 1. The molecule has 0 aliphatic carbocycles. The Morgan fingerprint density at radius 2 is 2.21 bits per heavy atom. The van der Waals surface area contributed by atoms with Crippen molar-refractivity contribution in [3.8, 4) is 5.95 Å². The monoisotopic (exact) mass is 261 g/mol. The van der Waals surface area contributed by atoms with Gasteiger partial charge in [0.15, 0.2) is 0 Å². The number of nitrogens with one attached hydrogen (secondary N) is 1. The van der Waals surface area contributed by atoms with Crippen LogP contribution >= 0.6 is 0 Å². The molecular formula is C11H15N7O. The van der Waals surface area contributed by atoms with Gasteiger partial charge in [-0.2, -0.15) is 4.98 Å². The van der Waals surface area contributed by atoms with E-state index in [1.807, 2.05) is 4.90 Å². The lowest BCUT2D eigenvalue weighted by Crippen LogP contribution is -2.39. The number of carbonyl (C=O) groups is 1. The molecule has 3 heterocycles. The number of rotatable bonds is 2. The first-order chi connectivity index (χ1) is 9.24. The number of hydrogen-bond acceptors (Lipinski definition) is 5. The third kappa shape index (κ3) is 2.33. The van der Waals surface area contributed by atoms with E-state index in [9.17, 15) is 4.79 Å². The van der Waals surface area contributed by atoms with Crippen molar-refractivity contribution in [3.05, 3.63) is 18.5 Å². The first-order valence-electron chi connectivity index (χ1n) is 6.30. The van der Waals surface area contributed by atoms with E-state index >= 15 is 0 Å². The molecular weight excluding hydrogens is 246 g/mol. The zero-order valence-electron chi connectivity index (χ0n) is 10.7. The summed E-state index contributed by atoms with van der Waals surface area (Å²) in [4.78, 5) is 18.3. The number of nitrogens with zero attached hydrogens (tertiary/aromatic N) is 6. The molecule has 1 saturated heterocycles. The third-order valence-electron chi connectivity index (χ3n) is 3.27. The van der Waals surface area contributed by atoms with Crippen LogP contribution in [0.4, 0.5) is 0 Å². The molecule has 100 valence electrons. The van der Waals surface area contributed by atoms with E-state index in [2.05, 4.69) is 32.3 Å². The molecule has 0 aromatic carbocycles. The Hall–Kier alpha value is -2.25. The second-order valence-electron chi connectivity index (χ2n) is 4.85. The van der Waals surface area contributed by atoms with Crippen LogP contribution in [0.1, 0.15) is 30.4 Å². The minimum atomic E-state index is -0.0987. The summed E-state index contributed by atoms with van der Waals surface area (Å²) in [6.07, 6.45) is 5.19. The summed E-state index contributed by atoms with van der Waals surface area (Å²) in [7, 11) is 0. The minimum Gasteiger partial charge on any atom is -0.336 e. The van der Waals surface area contributed by atoms with E-state index in [1.54, 1.807) is 4.57 Å². The average molecular weight is 261 g/mol.